The van der Waals surface area contributed by atoms with Crippen LogP contribution < -0.4 is 10.6 Å². The molecule has 3 rings (SSSR count). The van der Waals surface area contributed by atoms with Crippen LogP contribution in [0.3, 0.4) is 0 Å². The van der Waals surface area contributed by atoms with Gasteiger partial charge in [0.2, 0.25) is 5.91 Å². The molecule has 1 amide bonds. The summed E-state index contributed by atoms with van der Waals surface area (Å²) in [5.74, 6) is 0.787. The van der Waals surface area contributed by atoms with E-state index >= 15 is 0 Å². The van der Waals surface area contributed by atoms with E-state index in [2.05, 4.69) is 20.7 Å². The monoisotopic (exact) mass is 285 g/mol. The quantitative estimate of drug-likeness (QED) is 0.887. The summed E-state index contributed by atoms with van der Waals surface area (Å²) < 4.78 is 1.81. The number of pyridine rings is 1. The SMILES string of the molecule is O=C(Nc1ccn(Cc2ccncc2)n1)C1CCNCC1. The van der Waals surface area contributed by atoms with Gasteiger partial charge in [-0.1, -0.05) is 0 Å². The molecule has 0 bridgehead atoms. The van der Waals surface area contributed by atoms with Gasteiger partial charge >= 0.3 is 0 Å². The number of nitrogens with zero attached hydrogens (tertiary/aromatic N) is 3. The topological polar surface area (TPSA) is 71.8 Å². The van der Waals surface area contributed by atoms with Crippen LogP contribution in [0, 0.1) is 5.92 Å². The smallest absolute Gasteiger partial charge is 0.228 e. The van der Waals surface area contributed by atoms with Crippen LogP contribution in [-0.2, 0) is 11.3 Å². The number of piperidine rings is 1. The lowest BCUT2D eigenvalue weighted by molar-refractivity contribution is -0.120. The van der Waals surface area contributed by atoms with E-state index in [4.69, 9.17) is 0 Å². The van der Waals surface area contributed by atoms with Crippen LogP contribution in [0.2, 0.25) is 0 Å². The fraction of sp³-hybridized carbons (Fsp3) is 0.400. The van der Waals surface area contributed by atoms with Crippen molar-refractivity contribution in [1.82, 2.24) is 20.1 Å². The number of amides is 1. The van der Waals surface area contributed by atoms with Crippen LogP contribution in [-0.4, -0.2) is 33.8 Å². The zero-order chi connectivity index (χ0) is 14.5. The molecule has 0 unspecified atom stereocenters. The molecule has 1 aliphatic rings. The van der Waals surface area contributed by atoms with E-state index in [-0.39, 0.29) is 11.8 Å². The van der Waals surface area contributed by atoms with E-state index in [0.29, 0.717) is 12.4 Å². The summed E-state index contributed by atoms with van der Waals surface area (Å²) in [6.45, 7) is 2.49. The average molecular weight is 285 g/mol. The average Bonchev–Trinajstić information content (AvgIpc) is 2.96. The molecular formula is C15H19N5O. The Kier molecular flexibility index (Phi) is 4.25. The van der Waals surface area contributed by atoms with Gasteiger partial charge in [-0.2, -0.15) is 5.10 Å². The Morgan fingerprint density at radius 1 is 1.29 bits per heavy atom. The number of hydrogen-bond donors (Lipinski definition) is 2. The number of anilines is 1. The van der Waals surface area contributed by atoms with Crippen molar-refractivity contribution in [2.45, 2.75) is 19.4 Å². The lowest BCUT2D eigenvalue weighted by Gasteiger charge is -2.21. The van der Waals surface area contributed by atoms with Gasteiger partial charge in [0.1, 0.15) is 0 Å². The van der Waals surface area contributed by atoms with Crippen molar-refractivity contribution >= 4 is 11.7 Å². The maximum atomic E-state index is 12.1. The predicted octanol–water partition coefficient (Wildman–Crippen LogP) is 1.26. The third kappa shape index (κ3) is 3.66. The first-order chi connectivity index (χ1) is 10.3. The van der Waals surface area contributed by atoms with Crippen LogP contribution in [0.25, 0.3) is 0 Å². The van der Waals surface area contributed by atoms with Crippen LogP contribution >= 0.6 is 0 Å². The Balaban J connectivity index is 1.58. The summed E-state index contributed by atoms with van der Waals surface area (Å²) in [7, 11) is 0. The minimum absolute atomic E-state index is 0.0747. The highest BCUT2D eigenvalue weighted by molar-refractivity contribution is 5.91. The number of hydrogen-bond acceptors (Lipinski definition) is 4. The second-order valence-electron chi connectivity index (χ2n) is 5.27. The van der Waals surface area contributed by atoms with Crippen LogP contribution in [0.1, 0.15) is 18.4 Å². The first-order valence-electron chi connectivity index (χ1n) is 7.25. The Bertz CT molecular complexity index is 589. The molecule has 0 aliphatic carbocycles. The van der Waals surface area contributed by atoms with Crippen molar-refractivity contribution in [2.75, 3.05) is 18.4 Å². The molecule has 0 atom stereocenters. The maximum Gasteiger partial charge on any atom is 0.228 e. The van der Waals surface area contributed by atoms with E-state index in [1.54, 1.807) is 12.4 Å². The first kappa shape index (κ1) is 13.8. The van der Waals surface area contributed by atoms with Gasteiger partial charge in [-0.25, -0.2) is 0 Å². The van der Waals surface area contributed by atoms with Crippen molar-refractivity contribution in [3.63, 3.8) is 0 Å². The van der Waals surface area contributed by atoms with E-state index in [1.165, 1.54) is 0 Å². The second-order valence-corrected chi connectivity index (χ2v) is 5.27. The van der Waals surface area contributed by atoms with Crippen LogP contribution in [0.4, 0.5) is 5.82 Å². The Labute approximate surface area is 123 Å². The highest BCUT2D eigenvalue weighted by atomic mass is 16.2. The van der Waals surface area contributed by atoms with Crippen molar-refractivity contribution in [3.8, 4) is 0 Å². The van der Waals surface area contributed by atoms with Gasteiger partial charge in [0.15, 0.2) is 5.82 Å². The molecule has 2 N–H and O–H groups in total. The molecule has 21 heavy (non-hydrogen) atoms. The molecule has 0 spiro atoms. The maximum absolute atomic E-state index is 12.1. The van der Waals surface area contributed by atoms with Crippen molar-refractivity contribution in [3.05, 3.63) is 42.4 Å². The molecule has 3 heterocycles. The summed E-state index contributed by atoms with van der Waals surface area (Å²) in [6.07, 6.45) is 7.18. The van der Waals surface area contributed by atoms with E-state index in [0.717, 1.165) is 31.5 Å². The molecule has 2 aromatic heterocycles. The third-order valence-electron chi connectivity index (χ3n) is 3.70. The Morgan fingerprint density at radius 3 is 2.81 bits per heavy atom. The number of nitrogens with one attached hydrogen (secondary N) is 2. The molecule has 0 radical (unpaired) electrons. The summed E-state index contributed by atoms with van der Waals surface area (Å²) in [5.41, 5.74) is 1.13. The molecule has 1 fully saturated rings. The van der Waals surface area contributed by atoms with Gasteiger partial charge in [0.25, 0.3) is 0 Å². The third-order valence-corrected chi connectivity index (χ3v) is 3.70. The second kappa shape index (κ2) is 6.49. The molecule has 0 aromatic carbocycles. The predicted molar refractivity (Wildman–Crippen MR) is 79.8 cm³/mol. The molecule has 1 saturated heterocycles. The zero-order valence-corrected chi connectivity index (χ0v) is 11.8. The lowest BCUT2D eigenvalue weighted by atomic mass is 9.97. The lowest BCUT2D eigenvalue weighted by Crippen LogP contribution is -2.34. The van der Waals surface area contributed by atoms with Gasteiger partial charge in [-0.05, 0) is 43.6 Å². The fourth-order valence-corrected chi connectivity index (χ4v) is 2.50. The molecule has 2 aromatic rings. The summed E-state index contributed by atoms with van der Waals surface area (Å²) in [6, 6.07) is 5.74. The van der Waals surface area contributed by atoms with Crippen molar-refractivity contribution in [1.29, 1.82) is 0 Å². The summed E-state index contributed by atoms with van der Waals surface area (Å²) in [4.78, 5) is 16.1. The first-order valence-corrected chi connectivity index (χ1v) is 7.25. The minimum atomic E-state index is 0.0747. The van der Waals surface area contributed by atoms with E-state index in [9.17, 15) is 4.79 Å². The number of rotatable bonds is 4. The number of carbonyl (C=O) groups excluding carboxylic acids is 1. The van der Waals surface area contributed by atoms with Crippen LogP contribution in [0.15, 0.2) is 36.8 Å². The summed E-state index contributed by atoms with van der Waals surface area (Å²) >= 11 is 0. The van der Waals surface area contributed by atoms with E-state index < -0.39 is 0 Å². The van der Waals surface area contributed by atoms with Gasteiger partial charge in [-0.3, -0.25) is 14.5 Å². The van der Waals surface area contributed by atoms with Crippen LogP contribution in [0.5, 0.6) is 0 Å². The molecular weight excluding hydrogens is 266 g/mol. The minimum Gasteiger partial charge on any atom is -0.317 e. The fourth-order valence-electron chi connectivity index (χ4n) is 2.50. The largest absolute Gasteiger partial charge is 0.317 e. The molecule has 110 valence electrons. The highest BCUT2D eigenvalue weighted by Gasteiger charge is 2.21. The van der Waals surface area contributed by atoms with Gasteiger partial charge < -0.3 is 10.6 Å². The van der Waals surface area contributed by atoms with Crippen molar-refractivity contribution < 1.29 is 4.79 Å². The Hall–Kier alpha value is -2.21. The molecule has 0 saturated carbocycles. The number of carbonyl (C=O) groups is 1. The Morgan fingerprint density at radius 2 is 2.05 bits per heavy atom. The summed E-state index contributed by atoms with van der Waals surface area (Å²) in [5, 5.41) is 10.6. The highest BCUT2D eigenvalue weighted by Crippen LogP contribution is 2.14. The zero-order valence-electron chi connectivity index (χ0n) is 11.8. The van der Waals surface area contributed by atoms with Gasteiger partial charge in [0, 0.05) is 30.6 Å². The van der Waals surface area contributed by atoms with Gasteiger partial charge in [0.05, 0.1) is 6.54 Å². The number of aromatic nitrogens is 3. The molecule has 1 aliphatic heterocycles. The van der Waals surface area contributed by atoms with E-state index in [1.807, 2.05) is 29.1 Å². The standard InChI is InChI=1S/C15H19N5O/c21-15(13-3-8-17-9-4-13)18-14-5-10-20(19-14)11-12-1-6-16-7-2-12/h1-2,5-7,10,13,17H,3-4,8-9,11H2,(H,18,19,21). The molecule has 6 heteroatoms. The van der Waals surface area contributed by atoms with Gasteiger partial charge in [-0.15, -0.1) is 0 Å². The van der Waals surface area contributed by atoms with Crippen molar-refractivity contribution in [2.24, 2.45) is 5.92 Å². The molecule has 6 nitrogen and oxygen atoms in total. The normalized spacial score (nSPS) is 15.8.